The summed E-state index contributed by atoms with van der Waals surface area (Å²) in [5.74, 6) is 1.37. The highest BCUT2D eigenvalue weighted by molar-refractivity contribution is 8.00. The molecule has 1 amide bonds. The largest absolute Gasteiger partial charge is 0.497 e. The van der Waals surface area contributed by atoms with E-state index < -0.39 is 0 Å². The molecular formula is C22H18N4O3S2. The molecule has 0 unspecified atom stereocenters. The van der Waals surface area contributed by atoms with E-state index in [0.717, 1.165) is 26.9 Å². The van der Waals surface area contributed by atoms with Crippen LogP contribution in [0.15, 0.2) is 47.5 Å². The average Bonchev–Trinajstić information content (AvgIpc) is 3.18. The maximum absolute atomic E-state index is 12.5. The molecule has 0 aliphatic heterocycles. The van der Waals surface area contributed by atoms with Crippen molar-refractivity contribution < 1.29 is 14.3 Å². The zero-order valence-corrected chi connectivity index (χ0v) is 18.5. The van der Waals surface area contributed by atoms with Crippen LogP contribution in [0.5, 0.6) is 11.5 Å². The third kappa shape index (κ3) is 4.71. The predicted molar refractivity (Wildman–Crippen MR) is 123 cm³/mol. The molecule has 0 saturated carbocycles. The van der Waals surface area contributed by atoms with Gasteiger partial charge in [0, 0.05) is 5.39 Å². The molecule has 9 heteroatoms. The Morgan fingerprint density at radius 2 is 1.97 bits per heavy atom. The number of nitrogens with zero attached hydrogens (tertiary/aromatic N) is 3. The lowest BCUT2D eigenvalue weighted by molar-refractivity contribution is -0.113. The van der Waals surface area contributed by atoms with Crippen molar-refractivity contribution in [3.8, 4) is 17.6 Å². The summed E-state index contributed by atoms with van der Waals surface area (Å²) in [6, 6.07) is 15.0. The minimum atomic E-state index is -0.213. The molecule has 0 radical (unpaired) electrons. The van der Waals surface area contributed by atoms with Gasteiger partial charge in [-0.25, -0.2) is 9.97 Å². The van der Waals surface area contributed by atoms with Crippen LogP contribution >= 0.6 is 23.1 Å². The zero-order valence-electron chi connectivity index (χ0n) is 16.8. The van der Waals surface area contributed by atoms with Crippen LogP contribution in [0.3, 0.4) is 0 Å². The molecule has 2 aromatic carbocycles. The molecule has 2 aromatic heterocycles. The highest BCUT2D eigenvalue weighted by Gasteiger charge is 2.13. The van der Waals surface area contributed by atoms with Crippen LogP contribution < -0.4 is 14.8 Å². The lowest BCUT2D eigenvalue weighted by Crippen LogP contribution is -2.14. The molecule has 7 nitrogen and oxygen atoms in total. The number of benzene rings is 2. The Morgan fingerprint density at radius 3 is 2.74 bits per heavy atom. The van der Waals surface area contributed by atoms with Crippen LogP contribution in [0.1, 0.15) is 12.5 Å². The van der Waals surface area contributed by atoms with Gasteiger partial charge in [0.2, 0.25) is 5.91 Å². The van der Waals surface area contributed by atoms with E-state index in [1.54, 1.807) is 13.2 Å². The summed E-state index contributed by atoms with van der Waals surface area (Å²) in [5, 5.41) is 14.2. The van der Waals surface area contributed by atoms with Gasteiger partial charge in [-0.15, -0.1) is 0 Å². The molecule has 1 N–H and O–H groups in total. The summed E-state index contributed by atoms with van der Waals surface area (Å²) < 4.78 is 11.7. The smallest absolute Gasteiger partial charge is 0.236 e. The number of amides is 1. The number of hydrogen-bond acceptors (Lipinski definition) is 8. The number of methoxy groups -OCH3 is 1. The lowest BCUT2D eigenvalue weighted by atomic mass is 10.1. The molecule has 31 heavy (non-hydrogen) atoms. The van der Waals surface area contributed by atoms with Crippen molar-refractivity contribution in [3.05, 3.63) is 48.0 Å². The van der Waals surface area contributed by atoms with Gasteiger partial charge in [-0.05, 0) is 49.4 Å². The number of fused-ring (bicyclic) bond motifs is 2. The van der Waals surface area contributed by atoms with E-state index in [1.165, 1.54) is 23.1 Å². The molecule has 4 aromatic rings. The fourth-order valence-electron chi connectivity index (χ4n) is 2.96. The normalized spacial score (nSPS) is 10.7. The number of carbonyl (C=O) groups is 1. The van der Waals surface area contributed by atoms with Crippen LogP contribution in [0.25, 0.3) is 21.1 Å². The van der Waals surface area contributed by atoms with Gasteiger partial charge < -0.3 is 14.8 Å². The van der Waals surface area contributed by atoms with Crippen molar-refractivity contribution in [2.75, 3.05) is 24.8 Å². The second-order valence-electron chi connectivity index (χ2n) is 6.43. The molecule has 0 aliphatic rings. The number of aromatic nitrogens is 2. The Kier molecular flexibility index (Phi) is 6.21. The van der Waals surface area contributed by atoms with Gasteiger partial charge in [0.25, 0.3) is 0 Å². The number of hydrogen-bond donors (Lipinski definition) is 1. The zero-order chi connectivity index (χ0) is 21.8. The molecular weight excluding hydrogens is 432 g/mol. The van der Waals surface area contributed by atoms with E-state index >= 15 is 0 Å². The fourth-order valence-corrected chi connectivity index (χ4v) is 4.63. The summed E-state index contributed by atoms with van der Waals surface area (Å²) in [4.78, 5) is 21.4. The van der Waals surface area contributed by atoms with E-state index in [0.29, 0.717) is 28.1 Å². The number of nitrogens with one attached hydrogen (secondary N) is 1. The molecule has 0 spiro atoms. The average molecular weight is 451 g/mol. The maximum atomic E-state index is 12.5. The number of anilines is 1. The predicted octanol–water partition coefficient (Wildman–Crippen LogP) is 4.85. The fraction of sp³-hybridized carbons (Fsp3) is 0.182. The van der Waals surface area contributed by atoms with Crippen LogP contribution in [-0.4, -0.2) is 35.3 Å². The molecule has 0 saturated heterocycles. The minimum Gasteiger partial charge on any atom is -0.497 e. The summed E-state index contributed by atoms with van der Waals surface area (Å²) in [5.41, 5.74) is 1.95. The van der Waals surface area contributed by atoms with Crippen molar-refractivity contribution in [3.63, 3.8) is 0 Å². The summed E-state index contributed by atoms with van der Waals surface area (Å²) >= 11 is 2.61. The van der Waals surface area contributed by atoms with Gasteiger partial charge in [-0.2, -0.15) is 5.26 Å². The highest BCUT2D eigenvalue weighted by Crippen LogP contribution is 2.30. The van der Waals surface area contributed by atoms with Gasteiger partial charge in [0.1, 0.15) is 22.6 Å². The number of carbonyl (C=O) groups excluding carboxylic acids is 1. The van der Waals surface area contributed by atoms with E-state index in [2.05, 4.69) is 21.4 Å². The number of rotatable bonds is 7. The van der Waals surface area contributed by atoms with Crippen molar-refractivity contribution in [2.24, 2.45) is 0 Å². The quantitative estimate of drug-likeness (QED) is 0.402. The first-order chi connectivity index (χ1) is 15.1. The van der Waals surface area contributed by atoms with E-state index in [9.17, 15) is 10.1 Å². The topological polar surface area (TPSA) is 97.1 Å². The maximum Gasteiger partial charge on any atom is 0.236 e. The van der Waals surface area contributed by atoms with E-state index in [-0.39, 0.29) is 11.7 Å². The minimum absolute atomic E-state index is 0.115. The molecule has 0 bridgehead atoms. The second-order valence-corrected chi connectivity index (χ2v) is 8.42. The number of ether oxygens (including phenoxy) is 2. The Hall–Kier alpha value is -3.35. The first-order valence-electron chi connectivity index (χ1n) is 9.44. The third-order valence-corrected chi connectivity index (χ3v) is 6.29. The lowest BCUT2D eigenvalue weighted by Gasteiger charge is -2.07. The van der Waals surface area contributed by atoms with Crippen molar-refractivity contribution in [2.45, 2.75) is 11.9 Å². The molecule has 2 heterocycles. The van der Waals surface area contributed by atoms with Gasteiger partial charge >= 0.3 is 0 Å². The van der Waals surface area contributed by atoms with Crippen LogP contribution in [0.4, 0.5) is 5.13 Å². The van der Waals surface area contributed by atoms with Gasteiger partial charge in [0.05, 0.1) is 40.8 Å². The Bertz CT molecular complexity index is 1310. The van der Waals surface area contributed by atoms with E-state index in [1.807, 2.05) is 43.3 Å². The molecule has 0 atom stereocenters. The monoisotopic (exact) mass is 450 g/mol. The van der Waals surface area contributed by atoms with Gasteiger partial charge in [-0.1, -0.05) is 23.1 Å². The van der Waals surface area contributed by atoms with Crippen molar-refractivity contribution in [1.82, 2.24) is 9.97 Å². The number of nitriles is 1. The Morgan fingerprint density at radius 1 is 1.16 bits per heavy atom. The highest BCUT2D eigenvalue weighted by atomic mass is 32.2. The number of thiazole rings is 1. The Balaban J connectivity index is 1.46. The van der Waals surface area contributed by atoms with E-state index in [4.69, 9.17) is 9.47 Å². The standard InChI is InChI=1S/C22H18N4O3S2/c1-3-29-16-5-7-18-19(10-16)31-22(25-18)26-20(27)12-30-21-14(11-23)8-13-9-15(28-2)4-6-17(13)24-21/h4-10H,3,12H2,1-2H3,(H,25,26,27). The SMILES string of the molecule is CCOc1ccc2nc(NC(=O)CSc3nc4ccc(OC)cc4cc3C#N)sc2c1. The van der Waals surface area contributed by atoms with Gasteiger partial charge in [0.15, 0.2) is 5.13 Å². The first-order valence-corrected chi connectivity index (χ1v) is 11.2. The summed E-state index contributed by atoms with van der Waals surface area (Å²) in [7, 11) is 1.59. The van der Waals surface area contributed by atoms with Gasteiger partial charge in [-0.3, -0.25) is 4.79 Å². The van der Waals surface area contributed by atoms with Crippen molar-refractivity contribution in [1.29, 1.82) is 5.26 Å². The summed E-state index contributed by atoms with van der Waals surface area (Å²) in [6.07, 6.45) is 0. The first kappa shape index (κ1) is 20.9. The van der Waals surface area contributed by atoms with Crippen molar-refractivity contribution >= 4 is 55.3 Å². The third-order valence-electron chi connectivity index (χ3n) is 4.36. The second kappa shape index (κ2) is 9.20. The Labute approximate surface area is 187 Å². The molecule has 0 aliphatic carbocycles. The molecule has 0 fully saturated rings. The number of thioether (sulfide) groups is 1. The molecule has 4 rings (SSSR count). The molecule has 156 valence electrons. The van der Waals surface area contributed by atoms with Crippen LogP contribution in [-0.2, 0) is 4.79 Å². The summed E-state index contributed by atoms with van der Waals surface area (Å²) in [6.45, 7) is 2.52. The van der Waals surface area contributed by atoms with Crippen LogP contribution in [0, 0.1) is 11.3 Å². The number of pyridine rings is 1. The van der Waals surface area contributed by atoms with Crippen LogP contribution in [0.2, 0.25) is 0 Å².